The molecule has 0 atom stereocenters. The van der Waals surface area contributed by atoms with Crippen molar-refractivity contribution >= 4 is 41.0 Å². The lowest BCUT2D eigenvalue weighted by molar-refractivity contribution is 0.439. The number of guanidine groups is 1. The van der Waals surface area contributed by atoms with Gasteiger partial charge >= 0.3 is 5.69 Å². The lowest BCUT2D eigenvalue weighted by Crippen LogP contribution is -2.36. The molecule has 0 saturated heterocycles. The van der Waals surface area contributed by atoms with E-state index in [0.29, 0.717) is 34.9 Å². The maximum Gasteiger partial charge on any atom is 0.326 e. The van der Waals surface area contributed by atoms with Crippen LogP contribution in [-0.4, -0.2) is 33.9 Å². The summed E-state index contributed by atoms with van der Waals surface area (Å²) in [7, 11) is 0. The van der Waals surface area contributed by atoms with Crippen molar-refractivity contribution < 1.29 is 0 Å². The van der Waals surface area contributed by atoms with Gasteiger partial charge < -0.3 is 15.6 Å². The quantitative estimate of drug-likeness (QED) is 0.589. The van der Waals surface area contributed by atoms with Crippen LogP contribution in [0.5, 0.6) is 0 Å². The van der Waals surface area contributed by atoms with E-state index in [4.69, 9.17) is 5.73 Å². The van der Waals surface area contributed by atoms with Crippen molar-refractivity contribution in [2.45, 2.75) is 6.54 Å². The van der Waals surface area contributed by atoms with Gasteiger partial charge in [-0.3, -0.25) is 14.8 Å². The highest BCUT2D eigenvalue weighted by molar-refractivity contribution is 14.1. The number of H-pyrrole nitrogens is 2. The number of nitrogens with one attached hydrogen (secondary N) is 2. The number of hydrogen-bond acceptors (Lipinski definition) is 5. The maximum absolute atomic E-state index is 11.4. The Bertz CT molecular complexity index is 552. The van der Waals surface area contributed by atoms with Crippen LogP contribution in [0.1, 0.15) is 5.69 Å². The van der Waals surface area contributed by atoms with Gasteiger partial charge in [-0.2, -0.15) is 0 Å². The van der Waals surface area contributed by atoms with Crippen LogP contribution in [0, 0.1) is 3.57 Å². The second-order valence-electron chi connectivity index (χ2n) is 3.36. The summed E-state index contributed by atoms with van der Waals surface area (Å²) in [6.45, 7) is 1.75. The largest absolute Gasteiger partial charge is 0.370 e. The van der Waals surface area contributed by atoms with Crippen LogP contribution < -0.4 is 17.0 Å². The molecule has 94 valence electrons. The summed E-state index contributed by atoms with van der Waals surface area (Å²) in [6, 6.07) is 0. The van der Waals surface area contributed by atoms with Gasteiger partial charge in [-0.15, -0.1) is 12.4 Å². The first-order valence-corrected chi connectivity index (χ1v) is 5.71. The zero-order valence-corrected chi connectivity index (χ0v) is 11.7. The molecule has 0 bridgehead atoms. The highest BCUT2D eigenvalue weighted by Crippen LogP contribution is 2.08. The van der Waals surface area contributed by atoms with Crippen LogP contribution in [0.2, 0.25) is 0 Å². The van der Waals surface area contributed by atoms with Gasteiger partial charge in [-0.1, -0.05) is 0 Å². The molecular weight excluding hydrogens is 364 g/mol. The average molecular weight is 376 g/mol. The van der Waals surface area contributed by atoms with E-state index < -0.39 is 5.69 Å². The molecule has 0 aromatic carbocycles. The zero-order valence-electron chi connectivity index (χ0n) is 8.70. The van der Waals surface area contributed by atoms with Crippen LogP contribution in [0.25, 0.3) is 0 Å². The SMILES string of the molecule is Cl.NC1=NCCN1Cc1[nH]c(=O)[nH]c(=O)c1[131I]. The molecule has 0 amide bonds. The fourth-order valence-corrected chi connectivity index (χ4v) is 1.92. The summed E-state index contributed by atoms with van der Waals surface area (Å²) in [5.41, 5.74) is 5.33. The number of aromatic nitrogens is 2. The minimum atomic E-state index is -0.505. The summed E-state index contributed by atoms with van der Waals surface area (Å²) < 4.78 is 0.469. The number of nitrogens with two attached hydrogens (primary N) is 1. The highest BCUT2D eigenvalue weighted by atomic mass is 131. The Morgan fingerprint density at radius 1 is 1.41 bits per heavy atom. The molecule has 4 N–H and O–H groups in total. The monoisotopic (exact) mass is 375 g/mol. The van der Waals surface area contributed by atoms with Crippen molar-refractivity contribution in [3.05, 3.63) is 30.1 Å². The van der Waals surface area contributed by atoms with Crippen LogP contribution >= 0.6 is 35.0 Å². The van der Waals surface area contributed by atoms with Crippen molar-refractivity contribution in [2.24, 2.45) is 10.7 Å². The molecule has 1 aliphatic rings. The second kappa shape index (κ2) is 5.54. The number of aliphatic imine (C=N–C) groups is 1. The molecule has 2 heterocycles. The Morgan fingerprint density at radius 3 is 2.71 bits per heavy atom. The van der Waals surface area contributed by atoms with Gasteiger partial charge in [0.15, 0.2) is 5.96 Å². The number of nitrogens with zero attached hydrogens (tertiary/aromatic N) is 2. The molecular formula is C8H11ClIN5O2. The highest BCUT2D eigenvalue weighted by Gasteiger charge is 2.16. The van der Waals surface area contributed by atoms with Gasteiger partial charge in [0, 0.05) is 6.54 Å². The third-order valence-electron chi connectivity index (χ3n) is 2.27. The third kappa shape index (κ3) is 3.00. The molecule has 2 rings (SSSR count). The van der Waals surface area contributed by atoms with E-state index in [1.165, 1.54) is 0 Å². The van der Waals surface area contributed by atoms with E-state index in [0.717, 1.165) is 0 Å². The standard InChI is InChI=1S/C8H10IN5O2.ClH/c9-5-4(12-8(16)13-6(5)15)3-14-2-1-11-7(14)10;/h1-3H2,(H2,10,11)(H2,12,13,15,16);1H/i9+4;. The predicted octanol–water partition coefficient (Wildman–Crippen LogP) is -0.780. The van der Waals surface area contributed by atoms with Crippen molar-refractivity contribution in [3.63, 3.8) is 0 Å². The maximum atomic E-state index is 11.4. The van der Waals surface area contributed by atoms with Gasteiger partial charge in [-0.05, 0) is 22.6 Å². The van der Waals surface area contributed by atoms with E-state index in [9.17, 15) is 9.59 Å². The molecule has 0 spiro atoms. The summed E-state index contributed by atoms with van der Waals surface area (Å²) in [4.78, 5) is 33.1. The Kier molecular flexibility index (Phi) is 4.57. The summed E-state index contributed by atoms with van der Waals surface area (Å²) in [5.74, 6) is 0.442. The van der Waals surface area contributed by atoms with Crippen molar-refractivity contribution in [3.8, 4) is 0 Å². The van der Waals surface area contributed by atoms with E-state index in [-0.39, 0.29) is 18.0 Å². The lowest BCUT2D eigenvalue weighted by atomic mass is 10.3. The van der Waals surface area contributed by atoms with Gasteiger partial charge in [0.05, 0.1) is 22.4 Å². The van der Waals surface area contributed by atoms with E-state index in [1.807, 2.05) is 27.5 Å². The second-order valence-corrected chi connectivity index (χ2v) is 4.44. The van der Waals surface area contributed by atoms with Crippen LogP contribution in [0.3, 0.4) is 0 Å². The van der Waals surface area contributed by atoms with Gasteiger partial charge in [0.1, 0.15) is 0 Å². The molecule has 0 fully saturated rings. The lowest BCUT2D eigenvalue weighted by Gasteiger charge is -2.17. The number of hydrogen-bond donors (Lipinski definition) is 3. The van der Waals surface area contributed by atoms with Crippen molar-refractivity contribution in [1.29, 1.82) is 0 Å². The first kappa shape index (κ1) is 14.0. The van der Waals surface area contributed by atoms with E-state index >= 15 is 0 Å². The molecule has 1 aromatic heterocycles. The molecule has 1 aliphatic heterocycles. The van der Waals surface area contributed by atoms with Crippen molar-refractivity contribution in [1.82, 2.24) is 14.9 Å². The van der Waals surface area contributed by atoms with E-state index in [1.54, 1.807) is 0 Å². The first-order valence-electron chi connectivity index (χ1n) is 4.64. The molecule has 17 heavy (non-hydrogen) atoms. The number of aromatic amines is 2. The molecule has 1 aromatic rings. The summed E-state index contributed by atoms with van der Waals surface area (Å²) in [6.07, 6.45) is 0. The normalized spacial score (nSPS) is 14.4. The zero-order chi connectivity index (χ0) is 11.7. The van der Waals surface area contributed by atoms with E-state index in [2.05, 4.69) is 15.0 Å². The molecule has 0 aliphatic carbocycles. The Morgan fingerprint density at radius 2 is 2.12 bits per heavy atom. The minimum absolute atomic E-state index is 0. The first-order chi connectivity index (χ1) is 7.58. The Hall–Kier alpha value is -1.03. The average Bonchev–Trinajstić information content (AvgIpc) is 2.60. The topological polar surface area (TPSA) is 107 Å². The Balaban J connectivity index is 0.00000144. The fourth-order valence-electron chi connectivity index (χ4n) is 1.48. The van der Waals surface area contributed by atoms with Crippen LogP contribution in [0.15, 0.2) is 14.6 Å². The van der Waals surface area contributed by atoms with Crippen molar-refractivity contribution in [2.75, 3.05) is 13.1 Å². The minimum Gasteiger partial charge on any atom is -0.370 e. The molecule has 0 saturated carbocycles. The smallest absolute Gasteiger partial charge is 0.326 e. The van der Waals surface area contributed by atoms with Gasteiger partial charge in [0.2, 0.25) is 0 Å². The molecule has 0 unspecified atom stereocenters. The number of halogens is 2. The van der Waals surface area contributed by atoms with Gasteiger partial charge in [0.25, 0.3) is 5.56 Å². The number of rotatable bonds is 2. The molecule has 7 nitrogen and oxygen atoms in total. The predicted molar refractivity (Wildman–Crippen MR) is 74.5 cm³/mol. The van der Waals surface area contributed by atoms with Gasteiger partial charge in [-0.25, -0.2) is 4.79 Å². The Labute approximate surface area is 116 Å². The molecule has 9 heteroatoms. The van der Waals surface area contributed by atoms with Crippen LogP contribution in [0.4, 0.5) is 0 Å². The molecule has 0 radical (unpaired) electrons. The summed E-state index contributed by atoms with van der Waals surface area (Å²) in [5, 5.41) is 0. The fraction of sp³-hybridized carbons (Fsp3) is 0.375. The third-order valence-corrected chi connectivity index (χ3v) is 3.41. The van der Waals surface area contributed by atoms with Crippen LogP contribution in [-0.2, 0) is 6.54 Å². The summed E-state index contributed by atoms with van der Waals surface area (Å²) >= 11 is 1.89.